The summed E-state index contributed by atoms with van der Waals surface area (Å²) < 4.78 is 2.34. The zero-order valence-corrected chi connectivity index (χ0v) is 12.0. The van der Waals surface area contributed by atoms with Crippen LogP contribution < -0.4 is 5.32 Å². The normalized spacial score (nSPS) is 27.1. The third-order valence-electron chi connectivity index (χ3n) is 4.71. The zero-order valence-electron chi connectivity index (χ0n) is 12.0. The number of hydrogen-bond donors (Lipinski definition) is 1. The van der Waals surface area contributed by atoms with E-state index in [0.717, 1.165) is 18.9 Å². The van der Waals surface area contributed by atoms with Crippen LogP contribution in [0.5, 0.6) is 0 Å². The van der Waals surface area contributed by atoms with Crippen molar-refractivity contribution in [1.29, 1.82) is 0 Å². The molecule has 2 unspecified atom stereocenters. The highest BCUT2D eigenvalue weighted by Crippen LogP contribution is 2.58. The van der Waals surface area contributed by atoms with Crippen LogP contribution in [0.2, 0.25) is 0 Å². The van der Waals surface area contributed by atoms with Gasteiger partial charge < -0.3 is 9.88 Å². The summed E-state index contributed by atoms with van der Waals surface area (Å²) in [5.74, 6) is 2.84. The Hall–Kier alpha value is -1.68. The average Bonchev–Trinajstić information content (AvgIpc) is 2.91. The van der Waals surface area contributed by atoms with Gasteiger partial charge in [-0.1, -0.05) is 44.2 Å². The second kappa shape index (κ2) is 4.16. The predicted octanol–water partition coefficient (Wildman–Crippen LogP) is 2.48. The molecule has 1 saturated carbocycles. The van der Waals surface area contributed by atoms with Crippen LogP contribution in [-0.2, 0) is 6.54 Å². The average molecular weight is 268 g/mol. The molecule has 1 fully saturated rings. The summed E-state index contributed by atoms with van der Waals surface area (Å²) in [5, 5.41) is 12.6. The van der Waals surface area contributed by atoms with E-state index in [1.165, 1.54) is 17.8 Å². The van der Waals surface area contributed by atoms with Crippen LogP contribution in [0, 0.1) is 5.41 Å². The van der Waals surface area contributed by atoms with E-state index in [1.54, 1.807) is 0 Å². The summed E-state index contributed by atoms with van der Waals surface area (Å²) in [6.45, 7) is 6.59. The van der Waals surface area contributed by atoms with Crippen molar-refractivity contribution >= 4 is 0 Å². The fourth-order valence-corrected chi connectivity index (χ4v) is 3.26. The summed E-state index contributed by atoms with van der Waals surface area (Å²) in [6.07, 6.45) is 1.23. The van der Waals surface area contributed by atoms with Crippen LogP contribution in [-0.4, -0.2) is 21.3 Å². The van der Waals surface area contributed by atoms with Crippen LogP contribution in [0.4, 0.5) is 0 Å². The minimum atomic E-state index is 0.174. The lowest BCUT2D eigenvalue weighted by Gasteiger charge is -2.25. The van der Waals surface area contributed by atoms with E-state index in [4.69, 9.17) is 0 Å². The second-order valence-electron chi connectivity index (χ2n) is 6.61. The number of rotatable bonds is 2. The van der Waals surface area contributed by atoms with Crippen molar-refractivity contribution in [3.8, 4) is 0 Å². The van der Waals surface area contributed by atoms with Gasteiger partial charge in [0.05, 0.1) is 6.04 Å². The van der Waals surface area contributed by atoms with Crippen molar-refractivity contribution in [1.82, 2.24) is 20.1 Å². The van der Waals surface area contributed by atoms with Crippen molar-refractivity contribution < 1.29 is 0 Å². The Bertz CT molecular complexity index is 629. The monoisotopic (exact) mass is 268 g/mol. The highest BCUT2D eigenvalue weighted by molar-refractivity contribution is 5.28. The van der Waals surface area contributed by atoms with Crippen LogP contribution in [0.15, 0.2) is 30.3 Å². The van der Waals surface area contributed by atoms with E-state index in [0.29, 0.717) is 11.3 Å². The molecule has 0 radical (unpaired) electrons. The minimum absolute atomic E-state index is 0.174. The second-order valence-corrected chi connectivity index (χ2v) is 6.61. The van der Waals surface area contributed by atoms with E-state index in [-0.39, 0.29) is 6.04 Å². The molecule has 2 aliphatic rings. The topological polar surface area (TPSA) is 42.7 Å². The van der Waals surface area contributed by atoms with Crippen molar-refractivity contribution in [2.75, 3.05) is 6.54 Å². The molecule has 104 valence electrons. The Morgan fingerprint density at radius 2 is 1.85 bits per heavy atom. The number of fused-ring (bicyclic) bond motifs is 1. The van der Waals surface area contributed by atoms with Gasteiger partial charge in [0, 0.05) is 19.0 Å². The highest BCUT2D eigenvalue weighted by atomic mass is 15.3. The number of aromatic nitrogens is 3. The lowest BCUT2D eigenvalue weighted by atomic mass is 10.0. The molecule has 4 heteroatoms. The Balaban J connectivity index is 1.73. The molecule has 2 heterocycles. The van der Waals surface area contributed by atoms with E-state index in [9.17, 15) is 0 Å². The summed E-state index contributed by atoms with van der Waals surface area (Å²) in [7, 11) is 0. The Morgan fingerprint density at radius 1 is 1.15 bits per heavy atom. The Morgan fingerprint density at radius 3 is 2.55 bits per heavy atom. The SMILES string of the molecule is CC1(C)CC1c1nnc2n1CCNC2c1ccccc1. The van der Waals surface area contributed by atoms with E-state index >= 15 is 0 Å². The predicted molar refractivity (Wildman–Crippen MR) is 77.4 cm³/mol. The summed E-state index contributed by atoms with van der Waals surface area (Å²) >= 11 is 0. The molecule has 1 N–H and O–H groups in total. The van der Waals surface area contributed by atoms with Gasteiger partial charge in [-0.05, 0) is 17.4 Å². The number of benzene rings is 1. The lowest BCUT2D eigenvalue weighted by molar-refractivity contribution is 0.443. The van der Waals surface area contributed by atoms with Crippen LogP contribution in [0.25, 0.3) is 0 Å². The summed E-state index contributed by atoms with van der Waals surface area (Å²) in [5.41, 5.74) is 1.67. The molecule has 20 heavy (non-hydrogen) atoms. The molecule has 1 aromatic carbocycles. The van der Waals surface area contributed by atoms with E-state index < -0.39 is 0 Å². The highest BCUT2D eigenvalue weighted by Gasteiger charge is 2.50. The largest absolute Gasteiger partial charge is 0.312 e. The first-order valence-electron chi connectivity index (χ1n) is 7.38. The van der Waals surface area contributed by atoms with E-state index in [2.05, 4.69) is 64.3 Å². The molecule has 0 bridgehead atoms. The van der Waals surface area contributed by atoms with Gasteiger partial charge in [-0.3, -0.25) is 0 Å². The molecule has 1 aliphatic carbocycles. The first-order chi connectivity index (χ1) is 9.67. The standard InChI is InChI=1S/C16H20N4/c1-16(2)10-12(16)14-18-19-15-13(17-8-9-20(14)15)11-6-4-3-5-7-11/h3-7,12-13,17H,8-10H2,1-2H3. The number of nitrogens with zero attached hydrogens (tertiary/aromatic N) is 3. The molecule has 1 aliphatic heterocycles. The van der Waals surface area contributed by atoms with Gasteiger partial charge in [-0.25, -0.2) is 0 Å². The van der Waals surface area contributed by atoms with Crippen molar-refractivity contribution in [3.05, 3.63) is 47.5 Å². The molecule has 0 spiro atoms. The molecule has 1 aromatic heterocycles. The van der Waals surface area contributed by atoms with Gasteiger partial charge in [0.25, 0.3) is 0 Å². The van der Waals surface area contributed by atoms with Crippen LogP contribution in [0.1, 0.15) is 49.4 Å². The fourth-order valence-electron chi connectivity index (χ4n) is 3.26. The quantitative estimate of drug-likeness (QED) is 0.910. The molecule has 0 amide bonds. The molecular formula is C16H20N4. The Labute approximate surface area is 119 Å². The van der Waals surface area contributed by atoms with Crippen molar-refractivity contribution in [3.63, 3.8) is 0 Å². The number of nitrogens with one attached hydrogen (secondary N) is 1. The summed E-state index contributed by atoms with van der Waals surface area (Å²) in [6, 6.07) is 10.7. The third kappa shape index (κ3) is 1.79. The molecule has 4 nitrogen and oxygen atoms in total. The van der Waals surface area contributed by atoms with Gasteiger partial charge in [0.2, 0.25) is 0 Å². The first kappa shape index (κ1) is 12.1. The lowest BCUT2D eigenvalue weighted by Crippen LogP contribution is -2.35. The van der Waals surface area contributed by atoms with Crippen molar-refractivity contribution in [2.45, 2.75) is 38.8 Å². The fraction of sp³-hybridized carbons (Fsp3) is 0.500. The van der Waals surface area contributed by atoms with Gasteiger partial charge in [0.15, 0.2) is 5.82 Å². The van der Waals surface area contributed by atoms with Gasteiger partial charge in [-0.15, -0.1) is 10.2 Å². The van der Waals surface area contributed by atoms with Gasteiger partial charge >= 0.3 is 0 Å². The molecule has 4 rings (SSSR count). The van der Waals surface area contributed by atoms with Crippen LogP contribution >= 0.6 is 0 Å². The smallest absolute Gasteiger partial charge is 0.154 e. The molecule has 2 atom stereocenters. The maximum atomic E-state index is 4.50. The molecule has 0 saturated heterocycles. The van der Waals surface area contributed by atoms with Crippen molar-refractivity contribution in [2.24, 2.45) is 5.41 Å². The molecule has 2 aromatic rings. The van der Waals surface area contributed by atoms with Crippen LogP contribution in [0.3, 0.4) is 0 Å². The third-order valence-corrected chi connectivity index (χ3v) is 4.71. The summed E-state index contributed by atoms with van der Waals surface area (Å²) in [4.78, 5) is 0. The van der Waals surface area contributed by atoms with Gasteiger partial charge in [-0.2, -0.15) is 0 Å². The zero-order chi connectivity index (χ0) is 13.7. The number of hydrogen-bond acceptors (Lipinski definition) is 3. The maximum absolute atomic E-state index is 4.50. The maximum Gasteiger partial charge on any atom is 0.154 e. The minimum Gasteiger partial charge on any atom is -0.312 e. The van der Waals surface area contributed by atoms with Gasteiger partial charge in [0.1, 0.15) is 5.82 Å². The Kier molecular flexibility index (Phi) is 2.51. The van der Waals surface area contributed by atoms with E-state index in [1.807, 2.05) is 0 Å². The first-order valence-corrected chi connectivity index (χ1v) is 7.38. The molecular weight excluding hydrogens is 248 g/mol.